The fraction of sp³-hybridized carbons (Fsp3) is 0.250. The zero-order valence-corrected chi connectivity index (χ0v) is 12.5. The molecule has 102 valence electrons. The summed E-state index contributed by atoms with van der Waals surface area (Å²) in [6.45, 7) is 5.00. The van der Waals surface area contributed by atoms with Gasteiger partial charge >= 0.3 is 0 Å². The lowest BCUT2D eigenvalue weighted by molar-refractivity contribution is 1.05. The summed E-state index contributed by atoms with van der Waals surface area (Å²) in [6, 6.07) is 10.2. The van der Waals surface area contributed by atoms with E-state index in [-0.39, 0.29) is 0 Å². The standard InChI is InChI=1S/C16H17N3S/c1-3-12-8-9-20-15(12)10-17-16-11(2)18-13-6-4-5-7-14(13)19-16/h4-9H,3,10H2,1-2H3,(H,17,19). The monoisotopic (exact) mass is 283 g/mol. The average molecular weight is 283 g/mol. The number of hydrogen-bond donors (Lipinski definition) is 1. The Morgan fingerprint density at radius 3 is 2.60 bits per heavy atom. The van der Waals surface area contributed by atoms with E-state index in [0.717, 1.165) is 35.5 Å². The third-order valence-corrected chi connectivity index (χ3v) is 4.34. The van der Waals surface area contributed by atoms with Crippen LogP contribution in [0.1, 0.15) is 23.1 Å². The van der Waals surface area contributed by atoms with Gasteiger partial charge in [0.25, 0.3) is 0 Å². The smallest absolute Gasteiger partial charge is 0.148 e. The molecule has 0 fully saturated rings. The molecule has 0 saturated carbocycles. The molecule has 0 aliphatic carbocycles. The minimum atomic E-state index is 0.814. The van der Waals surface area contributed by atoms with Crippen LogP contribution in [0.25, 0.3) is 11.0 Å². The summed E-state index contributed by atoms with van der Waals surface area (Å²) in [6.07, 6.45) is 1.07. The van der Waals surface area contributed by atoms with E-state index in [9.17, 15) is 0 Å². The number of rotatable bonds is 4. The van der Waals surface area contributed by atoms with Crippen molar-refractivity contribution >= 4 is 28.2 Å². The molecule has 4 heteroatoms. The lowest BCUT2D eigenvalue weighted by Crippen LogP contribution is -2.05. The number of nitrogens with zero attached hydrogens (tertiary/aromatic N) is 2. The zero-order chi connectivity index (χ0) is 13.9. The van der Waals surface area contributed by atoms with Gasteiger partial charge in [-0.2, -0.15) is 0 Å². The molecule has 2 aromatic heterocycles. The molecular weight excluding hydrogens is 266 g/mol. The van der Waals surface area contributed by atoms with Gasteiger partial charge in [-0.1, -0.05) is 19.1 Å². The highest BCUT2D eigenvalue weighted by Gasteiger charge is 2.06. The summed E-state index contributed by atoms with van der Waals surface area (Å²) in [4.78, 5) is 10.6. The maximum absolute atomic E-state index is 4.66. The Morgan fingerprint density at radius 2 is 1.85 bits per heavy atom. The van der Waals surface area contributed by atoms with Crippen molar-refractivity contribution in [2.75, 3.05) is 5.32 Å². The Bertz CT molecular complexity index is 733. The second kappa shape index (κ2) is 5.59. The first-order valence-electron chi connectivity index (χ1n) is 6.80. The van der Waals surface area contributed by atoms with Crippen LogP contribution in [0.2, 0.25) is 0 Å². The molecule has 20 heavy (non-hydrogen) atoms. The van der Waals surface area contributed by atoms with Gasteiger partial charge in [0, 0.05) is 4.88 Å². The molecule has 3 rings (SSSR count). The van der Waals surface area contributed by atoms with Crippen molar-refractivity contribution < 1.29 is 0 Å². The van der Waals surface area contributed by atoms with Crippen LogP contribution < -0.4 is 5.32 Å². The quantitative estimate of drug-likeness (QED) is 0.780. The summed E-state index contributed by atoms with van der Waals surface area (Å²) in [5.74, 6) is 0.874. The molecule has 0 saturated heterocycles. The fourth-order valence-electron chi connectivity index (χ4n) is 2.26. The van der Waals surface area contributed by atoms with Gasteiger partial charge < -0.3 is 5.32 Å². The number of benzene rings is 1. The Balaban J connectivity index is 1.85. The molecule has 0 bridgehead atoms. The number of fused-ring (bicyclic) bond motifs is 1. The van der Waals surface area contributed by atoms with E-state index < -0.39 is 0 Å². The third-order valence-electron chi connectivity index (χ3n) is 3.38. The van der Waals surface area contributed by atoms with Crippen molar-refractivity contribution in [2.45, 2.75) is 26.8 Å². The van der Waals surface area contributed by atoms with Crippen LogP contribution in [0.4, 0.5) is 5.82 Å². The number of hydrogen-bond acceptors (Lipinski definition) is 4. The van der Waals surface area contributed by atoms with Crippen molar-refractivity contribution in [3.8, 4) is 0 Å². The second-order valence-electron chi connectivity index (χ2n) is 4.72. The molecule has 2 heterocycles. The largest absolute Gasteiger partial charge is 0.364 e. The van der Waals surface area contributed by atoms with Gasteiger partial charge in [0.1, 0.15) is 5.82 Å². The van der Waals surface area contributed by atoms with E-state index in [1.165, 1.54) is 10.4 Å². The van der Waals surface area contributed by atoms with Gasteiger partial charge in [-0.05, 0) is 42.5 Å². The number of aromatic nitrogens is 2. The molecule has 0 atom stereocenters. The first kappa shape index (κ1) is 13.1. The lowest BCUT2D eigenvalue weighted by atomic mass is 10.2. The van der Waals surface area contributed by atoms with Crippen LogP contribution in [0.3, 0.4) is 0 Å². The SMILES string of the molecule is CCc1ccsc1CNc1nc2ccccc2nc1C. The Hall–Kier alpha value is -1.94. The number of para-hydroxylation sites is 2. The summed E-state index contributed by atoms with van der Waals surface area (Å²) >= 11 is 1.79. The predicted octanol–water partition coefficient (Wildman–Crippen LogP) is 4.17. The minimum absolute atomic E-state index is 0.814. The number of anilines is 1. The van der Waals surface area contributed by atoms with Crippen molar-refractivity contribution in [1.82, 2.24) is 9.97 Å². The van der Waals surface area contributed by atoms with Gasteiger partial charge in [-0.25, -0.2) is 9.97 Å². The highest BCUT2D eigenvalue weighted by molar-refractivity contribution is 7.10. The van der Waals surface area contributed by atoms with Gasteiger partial charge in [0.2, 0.25) is 0 Å². The van der Waals surface area contributed by atoms with Crippen LogP contribution in [0.15, 0.2) is 35.7 Å². The first-order chi connectivity index (χ1) is 9.78. The average Bonchev–Trinajstić information content (AvgIpc) is 2.92. The van der Waals surface area contributed by atoms with E-state index in [2.05, 4.69) is 33.7 Å². The van der Waals surface area contributed by atoms with Crippen molar-refractivity contribution in [3.63, 3.8) is 0 Å². The normalized spacial score (nSPS) is 10.9. The highest BCUT2D eigenvalue weighted by atomic mass is 32.1. The van der Waals surface area contributed by atoms with E-state index in [1.807, 2.05) is 31.2 Å². The van der Waals surface area contributed by atoms with Crippen molar-refractivity contribution in [3.05, 3.63) is 51.8 Å². The van der Waals surface area contributed by atoms with E-state index in [4.69, 9.17) is 0 Å². The molecule has 0 spiro atoms. The molecular formula is C16H17N3S. The van der Waals surface area contributed by atoms with Gasteiger partial charge in [-0.3, -0.25) is 0 Å². The fourth-order valence-corrected chi connectivity index (χ4v) is 3.17. The predicted molar refractivity (Wildman–Crippen MR) is 85.3 cm³/mol. The molecule has 0 radical (unpaired) electrons. The highest BCUT2D eigenvalue weighted by Crippen LogP contribution is 2.21. The van der Waals surface area contributed by atoms with E-state index >= 15 is 0 Å². The Labute approximate surface area is 122 Å². The Kier molecular flexibility index (Phi) is 3.65. The Morgan fingerprint density at radius 1 is 1.10 bits per heavy atom. The molecule has 3 aromatic rings. The summed E-state index contributed by atoms with van der Waals surface area (Å²) in [5, 5.41) is 5.57. The third kappa shape index (κ3) is 2.51. The van der Waals surface area contributed by atoms with E-state index in [0.29, 0.717) is 0 Å². The summed E-state index contributed by atoms with van der Waals surface area (Å²) < 4.78 is 0. The van der Waals surface area contributed by atoms with Crippen LogP contribution >= 0.6 is 11.3 Å². The maximum atomic E-state index is 4.66. The zero-order valence-electron chi connectivity index (χ0n) is 11.7. The van der Waals surface area contributed by atoms with Gasteiger partial charge in [-0.15, -0.1) is 11.3 Å². The molecule has 1 aromatic carbocycles. The number of nitrogens with one attached hydrogen (secondary N) is 1. The van der Waals surface area contributed by atoms with Crippen molar-refractivity contribution in [2.24, 2.45) is 0 Å². The van der Waals surface area contributed by atoms with Crippen LogP contribution in [-0.4, -0.2) is 9.97 Å². The minimum Gasteiger partial charge on any atom is -0.364 e. The lowest BCUT2D eigenvalue weighted by Gasteiger charge is -2.09. The van der Waals surface area contributed by atoms with Gasteiger partial charge in [0.05, 0.1) is 23.3 Å². The second-order valence-corrected chi connectivity index (χ2v) is 5.72. The van der Waals surface area contributed by atoms with E-state index in [1.54, 1.807) is 11.3 Å². The molecule has 3 nitrogen and oxygen atoms in total. The first-order valence-corrected chi connectivity index (χ1v) is 7.68. The number of aryl methyl sites for hydroxylation is 2. The molecule has 1 N–H and O–H groups in total. The maximum Gasteiger partial charge on any atom is 0.148 e. The topological polar surface area (TPSA) is 37.8 Å². The summed E-state index contributed by atoms with van der Waals surface area (Å²) in [5.41, 5.74) is 4.23. The molecule has 0 aliphatic heterocycles. The van der Waals surface area contributed by atoms with Crippen LogP contribution in [0, 0.1) is 6.92 Å². The molecule has 0 aliphatic rings. The number of thiophene rings is 1. The van der Waals surface area contributed by atoms with Gasteiger partial charge in [0.15, 0.2) is 0 Å². The van der Waals surface area contributed by atoms with Crippen molar-refractivity contribution in [1.29, 1.82) is 0 Å². The van der Waals surface area contributed by atoms with Crippen LogP contribution in [-0.2, 0) is 13.0 Å². The molecule has 0 amide bonds. The van der Waals surface area contributed by atoms with Crippen LogP contribution in [0.5, 0.6) is 0 Å². The molecule has 0 unspecified atom stereocenters. The summed E-state index contributed by atoms with van der Waals surface area (Å²) in [7, 11) is 0.